The van der Waals surface area contributed by atoms with E-state index in [0.717, 1.165) is 16.5 Å². The summed E-state index contributed by atoms with van der Waals surface area (Å²) in [5.41, 5.74) is 1.89. The predicted octanol–water partition coefficient (Wildman–Crippen LogP) is 2.66. The number of para-hydroxylation sites is 1. The summed E-state index contributed by atoms with van der Waals surface area (Å²) in [5.74, 6) is 0. The van der Waals surface area contributed by atoms with E-state index in [1.54, 1.807) is 13.1 Å². The Morgan fingerprint density at radius 3 is 2.83 bits per heavy atom. The first-order chi connectivity index (χ1) is 5.79. The van der Waals surface area contributed by atoms with E-state index in [1.165, 1.54) is 0 Å². The number of aromatic amines is 1. The zero-order valence-electron chi connectivity index (χ0n) is 6.87. The molecule has 2 heteroatoms. The topological polar surface area (TPSA) is 35.7 Å². The first kappa shape index (κ1) is 7.37. The Morgan fingerprint density at radius 2 is 2.08 bits per heavy atom. The van der Waals surface area contributed by atoms with Crippen molar-refractivity contribution in [1.29, 1.82) is 0 Å². The second-order valence-electron chi connectivity index (χ2n) is 2.93. The van der Waals surface area contributed by atoms with E-state index in [4.69, 9.17) is 0 Å². The highest BCUT2D eigenvalue weighted by atomic mass is 16.3. The summed E-state index contributed by atoms with van der Waals surface area (Å²) in [6.45, 7) is 1.66. The van der Waals surface area contributed by atoms with E-state index < -0.39 is 6.10 Å². The van der Waals surface area contributed by atoms with Crippen LogP contribution in [0.3, 0.4) is 0 Å². The fourth-order valence-corrected chi connectivity index (χ4v) is 1.43. The maximum Gasteiger partial charge on any atom is 0.117 e. The molecule has 0 fully saturated rings. The summed E-state index contributed by atoms with van der Waals surface area (Å²) in [4.78, 5) is 3.07. The summed E-state index contributed by atoms with van der Waals surface area (Å²) < 4.78 is 0. The van der Waals surface area contributed by atoms with Gasteiger partial charge in [0.25, 0.3) is 0 Å². The van der Waals surface area contributed by atoms with Crippen LogP contribution in [0.1, 0.15) is 18.6 Å². The molecule has 1 aromatic carbocycles. The van der Waals surface area contributed by atoms with Gasteiger partial charge in [-0.25, -0.2) is 5.11 Å². The Balaban J connectivity index is 2.70. The van der Waals surface area contributed by atoms with Crippen LogP contribution >= 0.6 is 0 Å². The standard InChI is InChI=1S/C10H10NO/c1-7(12)9-6-11-10-5-3-2-4-8(9)10/h2-7,11H,1H3. The van der Waals surface area contributed by atoms with Gasteiger partial charge >= 0.3 is 0 Å². The lowest BCUT2D eigenvalue weighted by Gasteiger charge is -1.97. The molecule has 2 aromatic rings. The third kappa shape index (κ3) is 1.01. The van der Waals surface area contributed by atoms with Gasteiger partial charge in [0.05, 0.1) is 0 Å². The molecule has 0 saturated heterocycles. The van der Waals surface area contributed by atoms with Crippen molar-refractivity contribution in [2.75, 3.05) is 0 Å². The smallest absolute Gasteiger partial charge is 0.117 e. The largest absolute Gasteiger partial charge is 0.361 e. The van der Waals surface area contributed by atoms with Crippen molar-refractivity contribution in [2.24, 2.45) is 0 Å². The third-order valence-electron chi connectivity index (χ3n) is 2.06. The van der Waals surface area contributed by atoms with Gasteiger partial charge in [0.1, 0.15) is 6.10 Å². The van der Waals surface area contributed by atoms with Gasteiger partial charge in [0.2, 0.25) is 0 Å². The average molecular weight is 160 g/mol. The summed E-state index contributed by atoms with van der Waals surface area (Å²) in [6.07, 6.45) is 1.14. The number of H-pyrrole nitrogens is 1. The van der Waals surface area contributed by atoms with Gasteiger partial charge in [0.15, 0.2) is 0 Å². The van der Waals surface area contributed by atoms with Gasteiger partial charge in [0, 0.05) is 22.7 Å². The molecule has 61 valence electrons. The van der Waals surface area contributed by atoms with E-state index in [9.17, 15) is 5.11 Å². The molecule has 0 aliphatic rings. The number of fused-ring (bicyclic) bond motifs is 1. The van der Waals surface area contributed by atoms with E-state index in [-0.39, 0.29) is 0 Å². The highest BCUT2D eigenvalue weighted by Gasteiger charge is 2.07. The van der Waals surface area contributed by atoms with Crippen LogP contribution in [0.15, 0.2) is 30.5 Å². The molecule has 12 heavy (non-hydrogen) atoms. The fraction of sp³-hybridized carbons (Fsp3) is 0.200. The molecule has 0 saturated carbocycles. The summed E-state index contributed by atoms with van der Waals surface area (Å²) in [5, 5.41) is 12.2. The fourth-order valence-electron chi connectivity index (χ4n) is 1.43. The number of rotatable bonds is 1. The highest BCUT2D eigenvalue weighted by Crippen LogP contribution is 2.23. The van der Waals surface area contributed by atoms with Gasteiger partial charge < -0.3 is 4.98 Å². The monoisotopic (exact) mass is 160 g/mol. The zero-order chi connectivity index (χ0) is 8.55. The lowest BCUT2D eigenvalue weighted by atomic mass is 10.1. The van der Waals surface area contributed by atoms with Crippen molar-refractivity contribution < 1.29 is 5.11 Å². The Labute approximate surface area is 70.8 Å². The normalized spacial score (nSPS) is 13.5. The first-order valence-corrected chi connectivity index (χ1v) is 4.01. The summed E-state index contributed by atoms with van der Waals surface area (Å²) in [6, 6.07) is 7.84. The number of hydrogen-bond acceptors (Lipinski definition) is 0. The van der Waals surface area contributed by atoms with Crippen molar-refractivity contribution >= 4 is 10.9 Å². The molecule has 0 bridgehead atoms. The molecule has 1 atom stereocenters. The van der Waals surface area contributed by atoms with Crippen molar-refractivity contribution in [2.45, 2.75) is 13.0 Å². The predicted molar refractivity (Wildman–Crippen MR) is 47.4 cm³/mol. The molecule has 2 rings (SSSR count). The SMILES string of the molecule is CC([O])c1c[nH]c2ccccc12. The molecular formula is C10H10NO. The molecule has 0 aliphatic heterocycles. The molecule has 0 aliphatic carbocycles. The van der Waals surface area contributed by atoms with Crippen molar-refractivity contribution in [3.05, 3.63) is 36.0 Å². The van der Waals surface area contributed by atoms with E-state index in [2.05, 4.69) is 4.98 Å². The summed E-state index contributed by atoms with van der Waals surface area (Å²) in [7, 11) is 0. The maximum absolute atomic E-state index is 11.2. The Morgan fingerprint density at radius 1 is 1.33 bits per heavy atom. The van der Waals surface area contributed by atoms with Crippen LogP contribution in [-0.2, 0) is 5.11 Å². The quantitative estimate of drug-likeness (QED) is 0.665. The number of nitrogens with one attached hydrogen (secondary N) is 1. The van der Waals surface area contributed by atoms with Gasteiger partial charge in [-0.1, -0.05) is 18.2 Å². The molecule has 1 aromatic heterocycles. The van der Waals surface area contributed by atoms with Crippen LogP contribution in [0.2, 0.25) is 0 Å². The van der Waals surface area contributed by atoms with Crippen molar-refractivity contribution in [1.82, 2.24) is 4.98 Å². The van der Waals surface area contributed by atoms with Gasteiger partial charge in [-0.15, -0.1) is 0 Å². The van der Waals surface area contributed by atoms with E-state index in [1.807, 2.05) is 24.3 Å². The molecule has 1 heterocycles. The number of hydrogen-bond donors (Lipinski definition) is 1. The minimum atomic E-state index is -0.652. The lowest BCUT2D eigenvalue weighted by molar-refractivity contribution is 0.107. The number of benzene rings is 1. The molecule has 1 radical (unpaired) electrons. The lowest BCUT2D eigenvalue weighted by Crippen LogP contribution is -1.85. The maximum atomic E-state index is 11.2. The van der Waals surface area contributed by atoms with Crippen LogP contribution in [0.25, 0.3) is 10.9 Å². The highest BCUT2D eigenvalue weighted by molar-refractivity contribution is 5.83. The van der Waals surface area contributed by atoms with Gasteiger partial charge in [-0.05, 0) is 13.0 Å². The van der Waals surface area contributed by atoms with Crippen molar-refractivity contribution in [3.8, 4) is 0 Å². The van der Waals surface area contributed by atoms with Crippen LogP contribution in [0.4, 0.5) is 0 Å². The summed E-state index contributed by atoms with van der Waals surface area (Å²) >= 11 is 0. The molecule has 0 amide bonds. The second kappa shape index (κ2) is 2.64. The molecule has 0 spiro atoms. The van der Waals surface area contributed by atoms with Crippen LogP contribution in [0.5, 0.6) is 0 Å². The Bertz CT molecular complexity index is 389. The minimum absolute atomic E-state index is 0.652. The van der Waals surface area contributed by atoms with Gasteiger partial charge in [-0.2, -0.15) is 0 Å². The molecule has 1 unspecified atom stereocenters. The molecule has 2 nitrogen and oxygen atoms in total. The molecule has 1 N–H and O–H groups in total. The average Bonchev–Trinajstić information content (AvgIpc) is 2.47. The first-order valence-electron chi connectivity index (χ1n) is 4.01. The number of aromatic nitrogens is 1. The zero-order valence-corrected chi connectivity index (χ0v) is 6.87. The third-order valence-corrected chi connectivity index (χ3v) is 2.06. The minimum Gasteiger partial charge on any atom is -0.361 e. The van der Waals surface area contributed by atoms with E-state index in [0.29, 0.717) is 0 Å². The van der Waals surface area contributed by atoms with Crippen LogP contribution < -0.4 is 0 Å². The second-order valence-corrected chi connectivity index (χ2v) is 2.93. The van der Waals surface area contributed by atoms with Crippen molar-refractivity contribution in [3.63, 3.8) is 0 Å². The molecular weight excluding hydrogens is 150 g/mol. The Kier molecular flexibility index (Phi) is 1.62. The Hall–Kier alpha value is -1.28. The van der Waals surface area contributed by atoms with Crippen LogP contribution in [0, 0.1) is 0 Å². The van der Waals surface area contributed by atoms with Gasteiger partial charge in [-0.3, -0.25) is 0 Å². The van der Waals surface area contributed by atoms with E-state index >= 15 is 0 Å². The van der Waals surface area contributed by atoms with Crippen LogP contribution in [-0.4, -0.2) is 4.98 Å².